The summed E-state index contributed by atoms with van der Waals surface area (Å²) in [6.07, 6.45) is 5.89. The third-order valence-corrected chi connectivity index (χ3v) is 5.76. The van der Waals surface area contributed by atoms with Crippen molar-refractivity contribution in [1.82, 2.24) is 9.80 Å². The zero-order valence-corrected chi connectivity index (χ0v) is 14.2. The second-order valence-electron chi connectivity index (χ2n) is 7.01. The lowest BCUT2D eigenvalue weighted by Crippen LogP contribution is -2.43. The smallest absolute Gasteiger partial charge is 0.209 e. The van der Waals surface area contributed by atoms with E-state index in [2.05, 4.69) is 16.7 Å². The van der Waals surface area contributed by atoms with E-state index < -0.39 is 10.0 Å². The third-order valence-electron chi connectivity index (χ3n) is 4.90. The molecule has 2 N–H and O–H groups in total. The Kier molecular flexibility index (Phi) is 6.47. The van der Waals surface area contributed by atoms with E-state index in [1.54, 1.807) is 0 Å². The van der Waals surface area contributed by atoms with Crippen LogP contribution in [0.2, 0.25) is 0 Å². The molecule has 2 saturated heterocycles. The Labute approximate surface area is 129 Å². The number of nitrogens with zero attached hydrogens (tertiary/aromatic N) is 2. The predicted molar refractivity (Wildman–Crippen MR) is 86.6 cm³/mol. The molecule has 0 radical (unpaired) electrons. The lowest BCUT2D eigenvalue weighted by Gasteiger charge is -2.37. The molecular weight excluding hydrogens is 286 g/mol. The van der Waals surface area contributed by atoms with Gasteiger partial charge in [-0.3, -0.25) is 0 Å². The Hall–Kier alpha value is -0.170. The fraction of sp³-hybridized carbons (Fsp3) is 1.00. The summed E-state index contributed by atoms with van der Waals surface area (Å²) in [4.78, 5) is 5.05. The van der Waals surface area contributed by atoms with Gasteiger partial charge in [-0.2, -0.15) is 0 Å². The van der Waals surface area contributed by atoms with Crippen molar-refractivity contribution in [3.05, 3.63) is 0 Å². The SMILES string of the molecule is CC1CCN(C[C@H]2CCCN(CCCS(N)(=O)=O)C2)CC1. The van der Waals surface area contributed by atoms with Crippen LogP contribution < -0.4 is 5.14 Å². The van der Waals surface area contributed by atoms with Gasteiger partial charge in [0.05, 0.1) is 5.75 Å². The van der Waals surface area contributed by atoms with E-state index in [1.165, 1.54) is 45.3 Å². The first-order valence-corrected chi connectivity index (χ1v) is 10.1. The number of piperidine rings is 2. The van der Waals surface area contributed by atoms with Gasteiger partial charge in [0.1, 0.15) is 0 Å². The largest absolute Gasteiger partial charge is 0.303 e. The first-order chi connectivity index (χ1) is 9.92. The van der Waals surface area contributed by atoms with Gasteiger partial charge in [0.15, 0.2) is 0 Å². The van der Waals surface area contributed by atoms with E-state index >= 15 is 0 Å². The molecule has 2 heterocycles. The van der Waals surface area contributed by atoms with Gasteiger partial charge in [0, 0.05) is 13.1 Å². The van der Waals surface area contributed by atoms with Gasteiger partial charge in [0.25, 0.3) is 0 Å². The molecule has 2 aliphatic rings. The van der Waals surface area contributed by atoms with Crippen LogP contribution in [-0.2, 0) is 10.0 Å². The normalized spacial score (nSPS) is 27.0. The summed E-state index contributed by atoms with van der Waals surface area (Å²) in [5, 5.41) is 5.06. The number of hydrogen-bond donors (Lipinski definition) is 1. The molecule has 0 amide bonds. The topological polar surface area (TPSA) is 66.6 Å². The maximum Gasteiger partial charge on any atom is 0.209 e. The third kappa shape index (κ3) is 6.63. The van der Waals surface area contributed by atoms with Crippen LogP contribution in [0.5, 0.6) is 0 Å². The molecular formula is C15H31N3O2S. The molecule has 6 heteroatoms. The van der Waals surface area contributed by atoms with Crippen molar-refractivity contribution in [1.29, 1.82) is 0 Å². The number of primary sulfonamides is 1. The van der Waals surface area contributed by atoms with Crippen LogP contribution in [0.3, 0.4) is 0 Å². The highest BCUT2D eigenvalue weighted by atomic mass is 32.2. The first kappa shape index (κ1) is 17.2. The van der Waals surface area contributed by atoms with E-state index in [0.29, 0.717) is 6.42 Å². The van der Waals surface area contributed by atoms with E-state index in [4.69, 9.17) is 5.14 Å². The molecule has 0 saturated carbocycles. The molecule has 0 bridgehead atoms. The van der Waals surface area contributed by atoms with Crippen molar-refractivity contribution in [2.24, 2.45) is 17.0 Å². The number of sulfonamides is 1. The fourth-order valence-electron chi connectivity index (χ4n) is 3.60. The fourth-order valence-corrected chi connectivity index (χ4v) is 4.13. The summed E-state index contributed by atoms with van der Waals surface area (Å²) in [5.41, 5.74) is 0. The van der Waals surface area contributed by atoms with Gasteiger partial charge in [-0.1, -0.05) is 6.92 Å². The van der Waals surface area contributed by atoms with Gasteiger partial charge in [-0.25, -0.2) is 13.6 Å². The molecule has 0 aliphatic carbocycles. The lowest BCUT2D eigenvalue weighted by molar-refractivity contribution is 0.112. The number of hydrogen-bond acceptors (Lipinski definition) is 4. The monoisotopic (exact) mass is 317 g/mol. The molecule has 5 nitrogen and oxygen atoms in total. The highest BCUT2D eigenvalue weighted by molar-refractivity contribution is 7.89. The van der Waals surface area contributed by atoms with Crippen molar-refractivity contribution in [3.8, 4) is 0 Å². The molecule has 21 heavy (non-hydrogen) atoms. The molecule has 0 spiro atoms. The molecule has 0 aromatic rings. The Morgan fingerprint density at radius 2 is 1.81 bits per heavy atom. The average molecular weight is 317 g/mol. The van der Waals surface area contributed by atoms with Crippen molar-refractivity contribution in [3.63, 3.8) is 0 Å². The minimum absolute atomic E-state index is 0.109. The molecule has 1 atom stereocenters. The Balaban J connectivity index is 1.68. The Bertz CT molecular complexity index is 405. The van der Waals surface area contributed by atoms with Crippen molar-refractivity contribution in [2.45, 2.75) is 39.0 Å². The zero-order valence-electron chi connectivity index (χ0n) is 13.3. The highest BCUT2D eigenvalue weighted by Gasteiger charge is 2.24. The molecule has 2 fully saturated rings. The number of rotatable bonds is 6. The second kappa shape index (κ2) is 7.90. The summed E-state index contributed by atoms with van der Waals surface area (Å²) in [6, 6.07) is 0. The zero-order chi connectivity index (χ0) is 15.3. The highest BCUT2D eigenvalue weighted by Crippen LogP contribution is 2.21. The number of nitrogens with two attached hydrogens (primary N) is 1. The Morgan fingerprint density at radius 1 is 1.10 bits per heavy atom. The van der Waals surface area contributed by atoms with Gasteiger partial charge in [-0.05, 0) is 70.1 Å². The standard InChI is InChI=1S/C15H31N3O2S/c1-14-5-9-18(10-6-14)13-15-4-2-7-17(12-15)8-3-11-21(16,19)20/h14-15H,2-13H2,1H3,(H2,16,19,20)/t15-/m0/s1. The van der Waals surface area contributed by atoms with Crippen molar-refractivity contribution < 1.29 is 8.42 Å². The summed E-state index contributed by atoms with van der Waals surface area (Å²) >= 11 is 0. The molecule has 0 aromatic heterocycles. The summed E-state index contributed by atoms with van der Waals surface area (Å²) < 4.78 is 22.0. The second-order valence-corrected chi connectivity index (χ2v) is 8.75. The van der Waals surface area contributed by atoms with Gasteiger partial charge in [-0.15, -0.1) is 0 Å². The molecule has 2 aliphatic heterocycles. The van der Waals surface area contributed by atoms with E-state index in [9.17, 15) is 8.42 Å². The summed E-state index contributed by atoms with van der Waals surface area (Å²) in [7, 11) is -3.30. The van der Waals surface area contributed by atoms with Crippen LogP contribution in [0.4, 0.5) is 0 Å². The van der Waals surface area contributed by atoms with Crippen molar-refractivity contribution >= 4 is 10.0 Å². The van der Waals surface area contributed by atoms with Crippen LogP contribution in [0.1, 0.15) is 39.0 Å². The summed E-state index contributed by atoms with van der Waals surface area (Å²) in [5.74, 6) is 1.75. The minimum atomic E-state index is -3.30. The molecule has 0 aromatic carbocycles. The van der Waals surface area contributed by atoms with Crippen LogP contribution in [0, 0.1) is 11.8 Å². The maximum atomic E-state index is 11.0. The quantitative estimate of drug-likeness (QED) is 0.797. The van der Waals surface area contributed by atoms with Gasteiger partial charge < -0.3 is 9.80 Å². The van der Waals surface area contributed by atoms with Crippen LogP contribution in [0.25, 0.3) is 0 Å². The minimum Gasteiger partial charge on any atom is -0.303 e. The van der Waals surface area contributed by atoms with E-state index in [0.717, 1.165) is 31.5 Å². The average Bonchev–Trinajstić information content (AvgIpc) is 2.40. The van der Waals surface area contributed by atoms with Gasteiger partial charge >= 0.3 is 0 Å². The number of likely N-dealkylation sites (tertiary alicyclic amines) is 2. The molecule has 124 valence electrons. The predicted octanol–water partition coefficient (Wildman–Crippen LogP) is 1.11. The van der Waals surface area contributed by atoms with Gasteiger partial charge in [0.2, 0.25) is 10.0 Å². The van der Waals surface area contributed by atoms with Crippen LogP contribution >= 0.6 is 0 Å². The van der Waals surface area contributed by atoms with E-state index in [1.807, 2.05) is 0 Å². The first-order valence-electron chi connectivity index (χ1n) is 8.37. The van der Waals surface area contributed by atoms with Crippen molar-refractivity contribution in [2.75, 3.05) is 45.0 Å². The Morgan fingerprint density at radius 3 is 2.48 bits per heavy atom. The molecule has 0 unspecified atom stereocenters. The van der Waals surface area contributed by atoms with Crippen LogP contribution in [-0.4, -0.2) is 63.2 Å². The maximum absolute atomic E-state index is 11.0. The van der Waals surface area contributed by atoms with Crippen LogP contribution in [0.15, 0.2) is 0 Å². The summed E-state index contributed by atoms with van der Waals surface area (Å²) in [6.45, 7) is 9.18. The van der Waals surface area contributed by atoms with E-state index in [-0.39, 0.29) is 5.75 Å². The lowest BCUT2D eigenvalue weighted by atomic mass is 9.94. The molecule has 2 rings (SSSR count).